The van der Waals surface area contributed by atoms with Gasteiger partial charge in [0.15, 0.2) is 0 Å². The van der Waals surface area contributed by atoms with E-state index in [1.165, 1.54) is 0 Å². The van der Waals surface area contributed by atoms with E-state index in [4.69, 9.17) is 0 Å². The van der Waals surface area contributed by atoms with Crippen LogP contribution >= 0.6 is 0 Å². The lowest BCUT2D eigenvalue weighted by Crippen LogP contribution is -2.35. The Hall–Kier alpha value is -1.49. The summed E-state index contributed by atoms with van der Waals surface area (Å²) in [4.78, 5) is 15.7. The van der Waals surface area contributed by atoms with Crippen molar-refractivity contribution in [2.24, 2.45) is 0 Å². The topological polar surface area (TPSA) is 45.2 Å². The second-order valence-corrected chi connectivity index (χ2v) is 3.99. The van der Waals surface area contributed by atoms with Gasteiger partial charge in [0.25, 0.3) is 0 Å². The molecule has 1 aromatic rings. The lowest BCUT2D eigenvalue weighted by molar-refractivity contribution is -0.125. The van der Waals surface area contributed by atoms with Crippen molar-refractivity contribution in [2.75, 3.05) is 11.9 Å². The molecular weight excluding hydrogens is 209 g/mol. The van der Waals surface area contributed by atoms with Crippen molar-refractivity contribution in [1.82, 2.24) is 10.1 Å². The number of amides is 1. The van der Waals surface area contributed by atoms with Crippen LogP contribution in [0.4, 0.5) is 10.3 Å². The average molecular weight is 223 g/mol. The Kier molecular flexibility index (Phi) is 3.14. The molecule has 2 heterocycles. The summed E-state index contributed by atoms with van der Waals surface area (Å²) < 4.78 is 13.2. The van der Waals surface area contributed by atoms with Crippen LogP contribution in [0.1, 0.15) is 18.4 Å². The van der Waals surface area contributed by atoms with E-state index in [0.29, 0.717) is 23.9 Å². The van der Waals surface area contributed by atoms with Crippen molar-refractivity contribution < 1.29 is 9.28 Å². The Morgan fingerprint density at radius 1 is 1.62 bits per heavy atom. The van der Waals surface area contributed by atoms with E-state index in [9.17, 15) is 9.28 Å². The zero-order valence-electron chi connectivity index (χ0n) is 9.11. The number of aromatic nitrogens is 1. The molecule has 1 saturated heterocycles. The van der Waals surface area contributed by atoms with Crippen LogP contribution in [-0.4, -0.2) is 28.6 Å². The van der Waals surface area contributed by atoms with Crippen molar-refractivity contribution in [3.05, 3.63) is 23.9 Å². The summed E-state index contributed by atoms with van der Waals surface area (Å²) >= 11 is 0. The highest BCUT2D eigenvalue weighted by Crippen LogP contribution is 2.18. The predicted molar refractivity (Wildman–Crippen MR) is 58.4 cm³/mol. The van der Waals surface area contributed by atoms with Gasteiger partial charge in [-0.05, 0) is 31.4 Å². The van der Waals surface area contributed by atoms with Crippen LogP contribution in [0.5, 0.6) is 0 Å². The van der Waals surface area contributed by atoms with Crippen LogP contribution in [0, 0.1) is 6.92 Å². The molecule has 0 radical (unpaired) electrons. The summed E-state index contributed by atoms with van der Waals surface area (Å²) in [6, 6.07) is 2.90. The van der Waals surface area contributed by atoms with E-state index >= 15 is 0 Å². The van der Waals surface area contributed by atoms with Crippen molar-refractivity contribution in [2.45, 2.75) is 25.8 Å². The van der Waals surface area contributed by atoms with Gasteiger partial charge in [-0.2, -0.15) is 0 Å². The van der Waals surface area contributed by atoms with E-state index in [1.54, 1.807) is 12.3 Å². The molecular formula is C11H14FN3O. The number of pyridine rings is 1. The normalized spacial score (nSPS) is 21.0. The van der Waals surface area contributed by atoms with Crippen molar-refractivity contribution >= 4 is 11.7 Å². The zero-order valence-corrected chi connectivity index (χ0v) is 9.11. The molecule has 0 bridgehead atoms. The lowest BCUT2D eigenvalue weighted by Gasteiger charge is -2.14. The molecule has 0 saturated carbocycles. The molecule has 0 aromatic carbocycles. The van der Waals surface area contributed by atoms with Crippen molar-refractivity contribution in [3.63, 3.8) is 0 Å². The van der Waals surface area contributed by atoms with E-state index in [-0.39, 0.29) is 5.91 Å². The second-order valence-electron chi connectivity index (χ2n) is 3.99. The molecule has 1 fully saturated rings. The van der Waals surface area contributed by atoms with E-state index < -0.39 is 6.04 Å². The maximum Gasteiger partial charge on any atom is 0.245 e. The van der Waals surface area contributed by atoms with Crippen molar-refractivity contribution in [1.29, 1.82) is 0 Å². The van der Waals surface area contributed by atoms with Gasteiger partial charge in [0.05, 0.1) is 0 Å². The largest absolute Gasteiger partial charge is 0.309 e. The molecule has 5 heteroatoms. The highest BCUT2D eigenvalue weighted by Gasteiger charge is 2.31. The van der Waals surface area contributed by atoms with Gasteiger partial charge >= 0.3 is 0 Å². The predicted octanol–water partition coefficient (Wildman–Crippen LogP) is 1.68. The van der Waals surface area contributed by atoms with Crippen LogP contribution in [0.25, 0.3) is 0 Å². The Bertz CT molecular complexity index is 379. The molecule has 0 aliphatic carbocycles. The van der Waals surface area contributed by atoms with E-state index in [1.807, 2.05) is 13.0 Å². The molecule has 1 aliphatic heterocycles. The van der Waals surface area contributed by atoms with Gasteiger partial charge in [-0.3, -0.25) is 4.79 Å². The maximum atomic E-state index is 13.2. The minimum atomic E-state index is -0.664. The fourth-order valence-electron chi connectivity index (χ4n) is 1.74. The molecule has 1 N–H and O–H groups in total. The van der Waals surface area contributed by atoms with Crippen LogP contribution in [-0.2, 0) is 4.79 Å². The number of carbonyl (C=O) groups excluding carboxylic acids is 1. The summed E-state index contributed by atoms with van der Waals surface area (Å²) in [6.45, 7) is 2.25. The number of rotatable bonds is 2. The minimum Gasteiger partial charge on any atom is -0.309 e. The van der Waals surface area contributed by atoms with Crippen LogP contribution in [0.3, 0.4) is 0 Å². The molecule has 1 atom stereocenters. The zero-order chi connectivity index (χ0) is 11.5. The first-order valence-electron chi connectivity index (χ1n) is 5.33. The second kappa shape index (κ2) is 4.57. The lowest BCUT2D eigenvalue weighted by atomic mass is 10.2. The fourth-order valence-corrected chi connectivity index (χ4v) is 1.74. The first-order valence-corrected chi connectivity index (χ1v) is 5.33. The van der Waals surface area contributed by atoms with Gasteiger partial charge in [0.1, 0.15) is 11.9 Å². The molecule has 0 spiro atoms. The summed E-state index contributed by atoms with van der Waals surface area (Å²) in [5, 5.41) is 3.20. The summed E-state index contributed by atoms with van der Waals surface area (Å²) in [6.07, 6.45) is 2.95. The number of aryl methyl sites for hydroxylation is 1. The van der Waals surface area contributed by atoms with Crippen LogP contribution < -0.4 is 5.32 Å². The first kappa shape index (κ1) is 11.0. The van der Waals surface area contributed by atoms with Gasteiger partial charge in [-0.25, -0.2) is 4.98 Å². The Morgan fingerprint density at radius 3 is 3.00 bits per heavy atom. The van der Waals surface area contributed by atoms with E-state index in [0.717, 1.165) is 12.0 Å². The SMILES string of the molecule is Cc1ccc(NC(=O)C2CCCN2F)nc1. The number of hydrogen-bond donors (Lipinski definition) is 1. The van der Waals surface area contributed by atoms with Gasteiger partial charge in [0, 0.05) is 12.7 Å². The Morgan fingerprint density at radius 2 is 2.44 bits per heavy atom. The molecule has 16 heavy (non-hydrogen) atoms. The molecule has 4 nitrogen and oxygen atoms in total. The Balaban J connectivity index is 1.99. The highest BCUT2D eigenvalue weighted by molar-refractivity contribution is 5.94. The number of carbonyl (C=O) groups is 1. The average Bonchev–Trinajstić information content (AvgIpc) is 2.68. The van der Waals surface area contributed by atoms with Crippen LogP contribution in [0.2, 0.25) is 0 Å². The number of anilines is 1. The molecule has 1 amide bonds. The van der Waals surface area contributed by atoms with Gasteiger partial charge in [-0.1, -0.05) is 6.07 Å². The number of nitrogens with one attached hydrogen (secondary N) is 1. The van der Waals surface area contributed by atoms with E-state index in [2.05, 4.69) is 10.3 Å². The van der Waals surface area contributed by atoms with Crippen LogP contribution in [0.15, 0.2) is 18.3 Å². The third-order valence-corrected chi connectivity index (χ3v) is 2.65. The first-order chi connectivity index (χ1) is 7.66. The van der Waals surface area contributed by atoms with Crippen molar-refractivity contribution in [3.8, 4) is 0 Å². The summed E-state index contributed by atoms with van der Waals surface area (Å²) in [5.74, 6) is 0.146. The number of halogens is 1. The molecule has 1 aliphatic rings. The third kappa shape index (κ3) is 2.36. The maximum absolute atomic E-state index is 13.2. The van der Waals surface area contributed by atoms with Gasteiger partial charge < -0.3 is 5.32 Å². The molecule has 1 aromatic heterocycles. The Labute approximate surface area is 93.4 Å². The molecule has 2 rings (SSSR count). The highest BCUT2D eigenvalue weighted by atomic mass is 19.2. The number of hydrogen-bond acceptors (Lipinski definition) is 3. The minimum absolute atomic E-state index is 0.323. The fraction of sp³-hybridized carbons (Fsp3) is 0.455. The van der Waals surface area contributed by atoms with Gasteiger partial charge in [0.2, 0.25) is 5.91 Å². The number of nitrogens with zero attached hydrogens (tertiary/aromatic N) is 2. The standard InChI is InChI=1S/C11H14FN3O/c1-8-4-5-10(13-7-8)14-11(16)9-3-2-6-15(9)12/h4-5,7,9H,2-3,6H2,1H3,(H,13,14,16). The molecule has 1 unspecified atom stereocenters. The summed E-state index contributed by atoms with van der Waals surface area (Å²) in [5.41, 5.74) is 1.02. The smallest absolute Gasteiger partial charge is 0.245 e. The van der Waals surface area contributed by atoms with Gasteiger partial charge in [-0.15, -0.1) is 9.60 Å². The third-order valence-electron chi connectivity index (χ3n) is 2.65. The molecule has 86 valence electrons. The summed E-state index contributed by atoms with van der Waals surface area (Å²) in [7, 11) is 0. The monoisotopic (exact) mass is 223 g/mol. The quantitative estimate of drug-likeness (QED) is 0.776.